The lowest BCUT2D eigenvalue weighted by atomic mass is 9.89. The van der Waals surface area contributed by atoms with E-state index in [-0.39, 0.29) is 43.0 Å². The minimum Gasteiger partial charge on any atom is -0.466 e. The SMILES string of the molecule is COC(=O)/C=C1\CC2CC(=O)OC(/C=C/C=C\C=C\CC(=O)NO)C(C)/C=C/C(C)CC3CCCC(CC(C1)O2)O3. The predicted molar refractivity (Wildman–Crippen MR) is 154 cm³/mol. The van der Waals surface area contributed by atoms with Crippen molar-refractivity contribution in [3.8, 4) is 0 Å². The molecule has 0 radical (unpaired) electrons. The van der Waals surface area contributed by atoms with Gasteiger partial charge >= 0.3 is 11.9 Å². The zero-order valence-corrected chi connectivity index (χ0v) is 24.4. The second kappa shape index (κ2) is 17.1. The highest BCUT2D eigenvalue weighted by molar-refractivity contribution is 5.82. The highest BCUT2D eigenvalue weighted by atomic mass is 16.6. The maximum Gasteiger partial charge on any atom is 0.330 e. The van der Waals surface area contributed by atoms with Crippen LogP contribution in [0.15, 0.2) is 60.3 Å². The van der Waals surface area contributed by atoms with E-state index >= 15 is 0 Å². The molecular formula is C32H45NO8. The smallest absolute Gasteiger partial charge is 0.330 e. The maximum absolute atomic E-state index is 13.1. The number of esters is 2. The minimum atomic E-state index is -0.493. The molecule has 0 aliphatic carbocycles. The topological polar surface area (TPSA) is 120 Å². The Kier molecular flexibility index (Phi) is 13.5. The molecule has 2 saturated heterocycles. The number of allylic oxidation sites excluding steroid dienone is 5. The Morgan fingerprint density at radius 1 is 0.976 bits per heavy atom. The number of rotatable bonds is 6. The average molecular weight is 572 g/mol. The summed E-state index contributed by atoms with van der Waals surface area (Å²) in [5.41, 5.74) is 2.49. The van der Waals surface area contributed by atoms with E-state index in [1.807, 2.05) is 13.0 Å². The van der Waals surface area contributed by atoms with Gasteiger partial charge in [0.2, 0.25) is 5.91 Å². The summed E-state index contributed by atoms with van der Waals surface area (Å²) in [7, 11) is 1.36. The van der Waals surface area contributed by atoms with Gasteiger partial charge in [-0.2, -0.15) is 0 Å². The number of amides is 1. The van der Waals surface area contributed by atoms with E-state index in [0.717, 1.165) is 37.7 Å². The number of cyclic esters (lactones) is 1. The van der Waals surface area contributed by atoms with Gasteiger partial charge in [-0.1, -0.05) is 62.0 Å². The molecule has 9 nitrogen and oxygen atoms in total. The number of fused-ring (bicyclic) bond motifs is 4. The lowest BCUT2D eigenvalue weighted by Gasteiger charge is -2.37. The lowest BCUT2D eigenvalue weighted by Crippen LogP contribution is -2.37. The van der Waals surface area contributed by atoms with Crippen molar-refractivity contribution in [3.63, 3.8) is 0 Å². The molecule has 0 saturated carbocycles. The summed E-state index contributed by atoms with van der Waals surface area (Å²) >= 11 is 0. The molecule has 3 rings (SSSR count). The first-order valence-electron chi connectivity index (χ1n) is 14.6. The number of hydrogen-bond acceptors (Lipinski definition) is 8. The Bertz CT molecular complexity index is 1030. The molecule has 41 heavy (non-hydrogen) atoms. The molecule has 0 spiro atoms. The van der Waals surface area contributed by atoms with Crippen LogP contribution in [0.1, 0.15) is 71.6 Å². The number of carbonyl (C=O) groups is 3. The molecular weight excluding hydrogens is 526 g/mol. The predicted octanol–water partition coefficient (Wildman–Crippen LogP) is 5.06. The van der Waals surface area contributed by atoms with Gasteiger partial charge in [-0.15, -0.1) is 0 Å². The second-order valence-corrected chi connectivity index (χ2v) is 11.2. The Balaban J connectivity index is 1.78. The number of methoxy groups -OCH3 is 1. The Labute approximate surface area is 243 Å². The van der Waals surface area contributed by atoms with Crippen molar-refractivity contribution >= 4 is 17.8 Å². The Hall–Kier alpha value is -3.01. The highest BCUT2D eigenvalue weighted by Crippen LogP contribution is 2.33. The molecule has 0 aromatic heterocycles. The summed E-state index contributed by atoms with van der Waals surface area (Å²) in [6.45, 7) is 4.20. The molecule has 2 fully saturated rings. The molecule has 0 aromatic rings. The number of ether oxygens (including phenoxy) is 4. The summed E-state index contributed by atoms with van der Waals surface area (Å²) in [5, 5.41) is 8.55. The Morgan fingerprint density at radius 3 is 2.44 bits per heavy atom. The first kappa shape index (κ1) is 32.5. The van der Waals surface area contributed by atoms with Crippen molar-refractivity contribution in [3.05, 3.63) is 60.3 Å². The van der Waals surface area contributed by atoms with Crippen LogP contribution in [0.5, 0.6) is 0 Å². The van der Waals surface area contributed by atoms with E-state index in [1.165, 1.54) is 13.2 Å². The van der Waals surface area contributed by atoms with E-state index in [2.05, 4.69) is 19.1 Å². The van der Waals surface area contributed by atoms with Gasteiger partial charge in [0.1, 0.15) is 6.10 Å². The molecule has 0 aromatic carbocycles. The quantitative estimate of drug-likeness (QED) is 0.113. The molecule has 3 heterocycles. The minimum absolute atomic E-state index is 0.0674. The van der Waals surface area contributed by atoms with Crippen molar-refractivity contribution in [2.45, 2.75) is 102 Å². The van der Waals surface area contributed by atoms with Crippen LogP contribution in [0.4, 0.5) is 0 Å². The molecule has 4 bridgehead atoms. The average Bonchev–Trinajstić information content (AvgIpc) is 2.94. The van der Waals surface area contributed by atoms with Crippen LogP contribution in [-0.4, -0.2) is 60.7 Å². The van der Waals surface area contributed by atoms with E-state index in [0.29, 0.717) is 18.8 Å². The van der Waals surface area contributed by atoms with Crippen LogP contribution in [-0.2, 0) is 33.3 Å². The Morgan fingerprint density at radius 2 is 1.68 bits per heavy atom. The number of hydrogen-bond donors (Lipinski definition) is 2. The first-order valence-corrected chi connectivity index (χ1v) is 14.6. The summed E-state index contributed by atoms with van der Waals surface area (Å²) < 4.78 is 23.7. The third-order valence-electron chi connectivity index (χ3n) is 7.61. The summed E-state index contributed by atoms with van der Waals surface area (Å²) in [6.07, 6.45) is 21.5. The normalized spacial score (nSPS) is 33.6. The van der Waals surface area contributed by atoms with Gasteiger partial charge in [0.05, 0.1) is 37.9 Å². The van der Waals surface area contributed by atoms with Crippen LogP contribution in [0.25, 0.3) is 0 Å². The van der Waals surface area contributed by atoms with Gasteiger partial charge < -0.3 is 18.9 Å². The maximum atomic E-state index is 13.1. The first-order chi connectivity index (χ1) is 19.7. The fourth-order valence-corrected chi connectivity index (χ4v) is 5.54. The van der Waals surface area contributed by atoms with Gasteiger partial charge in [0.25, 0.3) is 0 Å². The third kappa shape index (κ3) is 11.8. The third-order valence-corrected chi connectivity index (χ3v) is 7.61. The summed E-state index contributed by atoms with van der Waals surface area (Å²) in [6, 6.07) is 0. The molecule has 3 aliphatic heterocycles. The van der Waals surface area contributed by atoms with Gasteiger partial charge in [-0.25, -0.2) is 10.3 Å². The molecule has 7 unspecified atom stereocenters. The van der Waals surface area contributed by atoms with Crippen LogP contribution in [0, 0.1) is 11.8 Å². The zero-order valence-electron chi connectivity index (χ0n) is 24.4. The lowest BCUT2D eigenvalue weighted by molar-refractivity contribution is -0.154. The van der Waals surface area contributed by atoms with Gasteiger partial charge in [-0.3, -0.25) is 14.8 Å². The van der Waals surface area contributed by atoms with E-state index in [4.69, 9.17) is 24.2 Å². The van der Waals surface area contributed by atoms with Crippen molar-refractivity contribution in [2.24, 2.45) is 11.8 Å². The molecule has 7 atom stereocenters. The molecule has 3 aliphatic rings. The van der Waals surface area contributed by atoms with Crippen LogP contribution in [0.2, 0.25) is 0 Å². The van der Waals surface area contributed by atoms with Crippen molar-refractivity contribution in [1.82, 2.24) is 5.48 Å². The van der Waals surface area contributed by atoms with Gasteiger partial charge in [0.15, 0.2) is 0 Å². The molecule has 1 amide bonds. The summed E-state index contributed by atoms with van der Waals surface area (Å²) in [4.78, 5) is 36.2. The van der Waals surface area contributed by atoms with Crippen LogP contribution < -0.4 is 5.48 Å². The van der Waals surface area contributed by atoms with E-state index in [9.17, 15) is 14.4 Å². The van der Waals surface area contributed by atoms with E-state index < -0.39 is 24.1 Å². The van der Waals surface area contributed by atoms with Crippen LogP contribution in [0.3, 0.4) is 0 Å². The fraction of sp³-hybridized carbons (Fsp3) is 0.594. The zero-order chi connectivity index (χ0) is 29.6. The fourth-order valence-electron chi connectivity index (χ4n) is 5.54. The van der Waals surface area contributed by atoms with Gasteiger partial charge in [-0.05, 0) is 50.5 Å². The second-order valence-electron chi connectivity index (χ2n) is 11.2. The number of carbonyl (C=O) groups excluding carboxylic acids is 3. The van der Waals surface area contributed by atoms with Gasteiger partial charge in [0, 0.05) is 24.8 Å². The number of nitrogens with one attached hydrogen (secondary N) is 1. The monoisotopic (exact) mass is 571 g/mol. The van der Waals surface area contributed by atoms with E-state index in [1.54, 1.807) is 35.9 Å². The van der Waals surface area contributed by atoms with Crippen molar-refractivity contribution in [1.29, 1.82) is 0 Å². The molecule has 2 N–H and O–H groups in total. The standard InChI is InChI=1S/C32H45NO8/c1-22-14-15-23(2)29(12-7-5-4-6-8-13-30(34)33-37)41-32(36)21-28-18-24(19-31(35)38-3)17-27(40-28)20-26-11-9-10-25(16-22)39-26/h4-8,12,14-15,19,22-23,25-29,37H,9-11,13,16-18,20-21H2,1-3H3,(H,33,34)/b5-4-,8-6+,12-7+,15-14+,24-19-. The highest BCUT2D eigenvalue weighted by Gasteiger charge is 2.33. The van der Waals surface area contributed by atoms with Crippen molar-refractivity contribution in [2.75, 3.05) is 7.11 Å². The van der Waals surface area contributed by atoms with Crippen molar-refractivity contribution < 1.29 is 38.5 Å². The largest absolute Gasteiger partial charge is 0.466 e. The van der Waals surface area contributed by atoms with Crippen LogP contribution >= 0.6 is 0 Å². The molecule has 226 valence electrons. The summed E-state index contributed by atoms with van der Waals surface area (Å²) in [5.74, 6) is -1.03. The molecule has 9 heteroatoms. The number of hydroxylamine groups is 1.